The number of carbonyl (C=O) groups excluding carboxylic acids is 3. The number of morpholine rings is 1. The number of aromatic nitrogens is 2. The van der Waals surface area contributed by atoms with Gasteiger partial charge in [-0.3, -0.25) is 10.2 Å². The van der Waals surface area contributed by atoms with Crippen molar-refractivity contribution in [2.45, 2.75) is 58.4 Å². The first kappa shape index (κ1) is 52.5. The smallest absolute Gasteiger partial charge is 0.407 e. The van der Waals surface area contributed by atoms with Gasteiger partial charge in [0, 0.05) is 62.0 Å². The zero-order valence-electron chi connectivity index (χ0n) is 38.8. The number of ether oxygens (including phenoxy) is 7. The third-order valence-corrected chi connectivity index (χ3v) is 10.8. The fourth-order valence-electron chi connectivity index (χ4n) is 6.96. The molecule has 0 bridgehead atoms. The highest BCUT2D eigenvalue weighted by atomic mass is 35.5. The van der Waals surface area contributed by atoms with E-state index in [2.05, 4.69) is 33.1 Å². The molecule has 1 aliphatic rings. The fourth-order valence-corrected chi connectivity index (χ4v) is 7.15. The van der Waals surface area contributed by atoms with Gasteiger partial charge in [-0.1, -0.05) is 68.7 Å². The molecule has 0 atom stereocenters. The maximum absolute atomic E-state index is 13.6. The number of hydrogen-bond acceptors (Lipinski definition) is 12. The van der Waals surface area contributed by atoms with Crippen molar-refractivity contribution >= 4 is 52.1 Å². The van der Waals surface area contributed by atoms with Gasteiger partial charge >= 0.3 is 18.2 Å². The number of anilines is 2. The van der Waals surface area contributed by atoms with Crippen molar-refractivity contribution in [2.75, 3.05) is 115 Å². The van der Waals surface area contributed by atoms with Gasteiger partial charge in [0.15, 0.2) is 0 Å². The van der Waals surface area contributed by atoms with Crippen molar-refractivity contribution in [3.63, 3.8) is 0 Å². The topological polar surface area (TPSA) is 185 Å². The minimum absolute atomic E-state index is 0.0470. The number of alkyl carbamates (subject to hydrolysis) is 2. The molecule has 0 saturated carbocycles. The average molecular weight is 951 g/mol. The van der Waals surface area contributed by atoms with E-state index in [1.54, 1.807) is 16.8 Å². The molecule has 0 aliphatic carbocycles. The molecular formula is C49H68ClN7O10. The van der Waals surface area contributed by atoms with Gasteiger partial charge in [-0.05, 0) is 61.6 Å². The van der Waals surface area contributed by atoms with Gasteiger partial charge in [-0.15, -0.1) is 11.6 Å². The molecule has 67 heavy (non-hydrogen) atoms. The number of urea groups is 1. The van der Waals surface area contributed by atoms with Gasteiger partial charge < -0.3 is 49.1 Å². The van der Waals surface area contributed by atoms with Crippen molar-refractivity contribution in [1.82, 2.24) is 25.3 Å². The molecule has 1 saturated heterocycles. The highest BCUT2D eigenvalue weighted by Crippen LogP contribution is 2.32. The highest BCUT2D eigenvalue weighted by molar-refractivity contribution is 6.17. The van der Waals surface area contributed by atoms with Crippen LogP contribution in [0.2, 0.25) is 0 Å². The van der Waals surface area contributed by atoms with Gasteiger partial charge in [0.2, 0.25) is 0 Å². The standard InChI is InChI=1S/C49H68ClN7O10/c1-2-3-14-40-37-46(54-47(58)53-44-18-19-45(43-17-7-6-16-42(43)44)65-31-24-56-22-29-64-30-23-56)57(55-40)41-15-12-13-39(36-41)38-52-49(60)66-27-11-10-26-62-34-35-67-48(59)51-21-28-63-33-32-61-25-9-5-4-8-20-50/h6-7,10-13,15-19,36-37H,2-5,8-9,14,20-35,38H2,1H3,(H,51,59)(H,52,60)(H2,53,54,58)/b11-10-. The number of aryl methyl sites for hydroxylation is 1. The number of rotatable bonds is 31. The predicted octanol–water partition coefficient (Wildman–Crippen LogP) is 8.08. The third kappa shape index (κ3) is 20.1. The summed E-state index contributed by atoms with van der Waals surface area (Å²) in [6.45, 7) is 9.95. The van der Waals surface area contributed by atoms with Gasteiger partial charge in [0.25, 0.3) is 0 Å². The van der Waals surface area contributed by atoms with Crippen molar-refractivity contribution < 1.29 is 47.5 Å². The van der Waals surface area contributed by atoms with Crippen LogP contribution in [-0.4, -0.2) is 138 Å². The number of alkyl halides is 1. The molecule has 4 N–H and O–H groups in total. The molecule has 4 aromatic rings. The van der Waals surface area contributed by atoms with Gasteiger partial charge in [-0.2, -0.15) is 5.10 Å². The first-order valence-electron chi connectivity index (χ1n) is 23.4. The van der Waals surface area contributed by atoms with E-state index in [0.29, 0.717) is 62.7 Å². The van der Waals surface area contributed by atoms with Gasteiger partial charge in [0.05, 0.1) is 63.3 Å². The summed E-state index contributed by atoms with van der Waals surface area (Å²) in [6.07, 6.45) is 9.25. The molecule has 0 radical (unpaired) electrons. The van der Waals surface area contributed by atoms with E-state index in [4.69, 9.17) is 49.9 Å². The van der Waals surface area contributed by atoms with Crippen molar-refractivity contribution in [3.8, 4) is 11.4 Å². The van der Waals surface area contributed by atoms with Crippen molar-refractivity contribution in [3.05, 3.63) is 90.1 Å². The summed E-state index contributed by atoms with van der Waals surface area (Å²) in [7, 11) is 0. The molecule has 0 spiro atoms. The fraction of sp³-hybridized carbons (Fsp3) is 0.510. The van der Waals surface area contributed by atoms with Crippen molar-refractivity contribution in [2.24, 2.45) is 0 Å². The quantitative estimate of drug-likeness (QED) is 0.0216. The summed E-state index contributed by atoms with van der Waals surface area (Å²) >= 11 is 5.67. The van der Waals surface area contributed by atoms with E-state index in [-0.39, 0.29) is 33.0 Å². The molecule has 1 fully saturated rings. The lowest BCUT2D eigenvalue weighted by atomic mass is 10.1. The number of amides is 4. The van der Waals surface area contributed by atoms with E-state index >= 15 is 0 Å². The summed E-state index contributed by atoms with van der Waals surface area (Å²) in [6, 6.07) is 20.6. The van der Waals surface area contributed by atoms with Crippen LogP contribution in [0.5, 0.6) is 5.75 Å². The second-order valence-electron chi connectivity index (χ2n) is 15.6. The van der Waals surface area contributed by atoms with E-state index in [9.17, 15) is 14.4 Å². The summed E-state index contributed by atoms with van der Waals surface area (Å²) in [4.78, 5) is 40.3. The number of benzene rings is 3. The molecule has 1 aliphatic heterocycles. The minimum atomic E-state index is -0.585. The van der Waals surface area contributed by atoms with Crippen LogP contribution in [0.4, 0.5) is 25.9 Å². The van der Waals surface area contributed by atoms with Crippen LogP contribution in [0.1, 0.15) is 56.7 Å². The summed E-state index contributed by atoms with van der Waals surface area (Å²) < 4.78 is 40.2. The molecule has 1 aromatic heterocycles. The number of unbranched alkanes of at least 4 members (excludes halogenated alkanes) is 4. The van der Waals surface area contributed by atoms with Crippen LogP contribution in [0.15, 0.2) is 78.9 Å². The Morgan fingerprint density at radius 1 is 0.746 bits per heavy atom. The molecule has 366 valence electrons. The Labute approximate surface area is 399 Å². The maximum atomic E-state index is 13.6. The Kier molecular flexibility index (Phi) is 24.7. The summed E-state index contributed by atoms with van der Waals surface area (Å²) in [5.41, 5.74) is 3.02. The second-order valence-corrected chi connectivity index (χ2v) is 16.0. The van der Waals surface area contributed by atoms with E-state index in [1.165, 1.54) is 0 Å². The monoisotopic (exact) mass is 949 g/mol. The van der Waals surface area contributed by atoms with E-state index in [0.717, 1.165) is 106 Å². The van der Waals surface area contributed by atoms with Crippen LogP contribution in [0, 0.1) is 0 Å². The lowest BCUT2D eigenvalue weighted by molar-refractivity contribution is 0.0323. The molecule has 2 heterocycles. The number of hydrogen-bond donors (Lipinski definition) is 4. The number of carbonyl (C=O) groups is 3. The molecule has 18 heteroatoms. The van der Waals surface area contributed by atoms with Crippen LogP contribution in [-0.2, 0) is 41.4 Å². The lowest BCUT2D eigenvalue weighted by Crippen LogP contribution is -2.38. The van der Waals surface area contributed by atoms with Crippen LogP contribution >= 0.6 is 11.6 Å². The Morgan fingerprint density at radius 2 is 1.52 bits per heavy atom. The first-order valence-corrected chi connectivity index (χ1v) is 23.9. The zero-order valence-corrected chi connectivity index (χ0v) is 39.5. The van der Waals surface area contributed by atoms with Gasteiger partial charge in [0.1, 0.15) is 31.4 Å². The predicted molar refractivity (Wildman–Crippen MR) is 260 cm³/mol. The van der Waals surface area contributed by atoms with Crippen molar-refractivity contribution in [1.29, 1.82) is 0 Å². The Bertz CT molecular complexity index is 2100. The lowest BCUT2D eigenvalue weighted by Gasteiger charge is -2.26. The number of nitrogens with one attached hydrogen (secondary N) is 4. The Balaban J connectivity index is 0.990. The van der Waals surface area contributed by atoms with Crippen LogP contribution in [0.25, 0.3) is 16.5 Å². The number of halogens is 1. The van der Waals surface area contributed by atoms with Crippen LogP contribution < -0.4 is 26.0 Å². The highest BCUT2D eigenvalue weighted by Gasteiger charge is 2.16. The normalized spacial score (nSPS) is 12.9. The molecule has 3 aromatic carbocycles. The van der Waals surface area contributed by atoms with E-state index in [1.807, 2.05) is 66.7 Å². The molecular weight excluding hydrogens is 882 g/mol. The Hall–Kier alpha value is -5.43. The largest absolute Gasteiger partial charge is 0.492 e. The zero-order chi connectivity index (χ0) is 47.2. The SMILES string of the molecule is CCCCc1cc(NC(=O)Nc2ccc(OCCN3CCOCC3)c3ccccc23)n(-c2cccc(CNC(=O)OC/C=C\COCCOC(=O)NCCOCCOCCCCCCCl)c2)n1. The van der Waals surface area contributed by atoms with Crippen LogP contribution in [0.3, 0.4) is 0 Å². The van der Waals surface area contributed by atoms with E-state index < -0.39 is 18.2 Å². The molecule has 17 nitrogen and oxygen atoms in total. The Morgan fingerprint density at radius 3 is 2.36 bits per heavy atom. The summed E-state index contributed by atoms with van der Waals surface area (Å²) in [5.74, 6) is 1.97. The summed E-state index contributed by atoms with van der Waals surface area (Å²) in [5, 5.41) is 18.1. The molecule has 0 unspecified atom stereocenters. The first-order chi connectivity index (χ1) is 32.9. The third-order valence-electron chi connectivity index (χ3n) is 10.5. The van der Waals surface area contributed by atoms with Gasteiger partial charge in [-0.25, -0.2) is 19.1 Å². The maximum Gasteiger partial charge on any atom is 0.407 e. The number of fused-ring (bicyclic) bond motifs is 1. The average Bonchev–Trinajstić information content (AvgIpc) is 3.75. The second kappa shape index (κ2) is 31.5. The molecule has 4 amide bonds. The molecule has 5 rings (SSSR count). The minimum Gasteiger partial charge on any atom is -0.492 e. The number of nitrogens with zero attached hydrogens (tertiary/aromatic N) is 3.